The number of phenolic OH excluding ortho intramolecular Hbond substituents is 1. The number of nitrogens with zero attached hydrogens (tertiary/aromatic N) is 3. The number of aromatic nitrogens is 3. The molecule has 0 unspecified atom stereocenters. The first-order valence-corrected chi connectivity index (χ1v) is 14.8. The largest absolute Gasteiger partial charge is 0.508 e. The Kier molecular flexibility index (Phi) is 9.43. The minimum Gasteiger partial charge on any atom is -0.508 e. The molecule has 2 aromatic heterocycles. The highest BCUT2D eigenvalue weighted by atomic mass is 16.5. The van der Waals surface area contributed by atoms with Crippen LogP contribution in [0.15, 0.2) is 59.4 Å². The lowest BCUT2D eigenvalue weighted by molar-refractivity contribution is 0.0947. The molecule has 42 heavy (non-hydrogen) atoms. The maximum atomic E-state index is 12.7. The number of ether oxygens (including phenoxy) is 1. The first-order chi connectivity index (χ1) is 20.4. The molecule has 5 rings (SSSR count). The number of aromatic hydroxyl groups is 1. The van der Waals surface area contributed by atoms with E-state index < -0.39 is 0 Å². The number of aromatic amines is 1. The minimum atomic E-state index is -0.226. The quantitative estimate of drug-likeness (QED) is 0.186. The van der Waals surface area contributed by atoms with E-state index in [2.05, 4.69) is 51.4 Å². The molecule has 0 aliphatic carbocycles. The lowest BCUT2D eigenvalue weighted by Crippen LogP contribution is -2.34. The number of H-pyrrole nitrogens is 1. The summed E-state index contributed by atoms with van der Waals surface area (Å²) in [5.74, 6) is 1.34. The van der Waals surface area contributed by atoms with Gasteiger partial charge < -0.3 is 25.9 Å². The first-order valence-electron chi connectivity index (χ1n) is 14.8. The van der Waals surface area contributed by atoms with E-state index in [4.69, 9.17) is 10.5 Å². The number of rotatable bonds is 12. The fourth-order valence-corrected chi connectivity index (χ4v) is 5.43. The van der Waals surface area contributed by atoms with E-state index in [1.165, 1.54) is 17.7 Å². The molecule has 2 aromatic carbocycles. The molecular formula is C32H40N6O4. The van der Waals surface area contributed by atoms with Crippen LogP contribution in [0.1, 0.15) is 60.5 Å². The number of phenols is 1. The summed E-state index contributed by atoms with van der Waals surface area (Å²) in [4.78, 5) is 34.6. The van der Waals surface area contributed by atoms with Gasteiger partial charge in [0.1, 0.15) is 11.3 Å². The van der Waals surface area contributed by atoms with E-state index in [9.17, 15) is 14.7 Å². The monoisotopic (exact) mass is 572 g/mol. The lowest BCUT2D eigenvalue weighted by atomic mass is 9.93. The van der Waals surface area contributed by atoms with Crippen LogP contribution in [-0.4, -0.2) is 56.7 Å². The zero-order valence-corrected chi connectivity index (χ0v) is 24.1. The summed E-state index contributed by atoms with van der Waals surface area (Å²) in [6, 6.07) is 16.5. The van der Waals surface area contributed by atoms with Gasteiger partial charge in [-0.3, -0.25) is 14.3 Å². The third-order valence-corrected chi connectivity index (χ3v) is 7.96. The van der Waals surface area contributed by atoms with E-state index in [-0.39, 0.29) is 23.2 Å². The van der Waals surface area contributed by atoms with Crippen LogP contribution in [-0.2, 0) is 13.1 Å². The number of amides is 1. The minimum absolute atomic E-state index is 0.104. The van der Waals surface area contributed by atoms with Crippen molar-refractivity contribution in [2.75, 3.05) is 32.0 Å². The number of piperidine rings is 1. The highest BCUT2D eigenvalue weighted by molar-refractivity contribution is 5.94. The summed E-state index contributed by atoms with van der Waals surface area (Å²) in [7, 11) is 0. The molecule has 1 saturated heterocycles. The maximum Gasteiger partial charge on any atom is 0.326 e. The third-order valence-electron chi connectivity index (χ3n) is 7.96. The van der Waals surface area contributed by atoms with Crippen molar-refractivity contribution in [2.45, 2.75) is 52.1 Å². The van der Waals surface area contributed by atoms with Crippen LogP contribution in [0.5, 0.6) is 11.6 Å². The molecule has 0 bridgehead atoms. The highest BCUT2D eigenvalue weighted by Gasteiger charge is 2.20. The number of likely N-dealkylation sites (tertiary alicyclic amines) is 1. The fraction of sp³-hybridized carbons (Fsp3) is 0.406. The molecule has 10 nitrogen and oxygen atoms in total. The van der Waals surface area contributed by atoms with Gasteiger partial charge in [0.25, 0.3) is 5.91 Å². The Balaban J connectivity index is 1.10. The number of benzene rings is 2. The van der Waals surface area contributed by atoms with Gasteiger partial charge in [-0.05, 0) is 80.1 Å². The number of hydrogen-bond acceptors (Lipinski definition) is 7. The number of pyridine rings is 1. The summed E-state index contributed by atoms with van der Waals surface area (Å²) in [5.41, 5.74) is 9.93. The van der Waals surface area contributed by atoms with E-state index in [1.807, 2.05) is 0 Å². The SMILES string of the molecule is CCCCOc1cc2c([nH]c(=O)n2Cc2ccc(CN3CCC(CCNC(=O)c4ccc(O)cc4)CC3)cc2)c(N)n1. The molecule has 222 valence electrons. The Morgan fingerprint density at radius 1 is 1.10 bits per heavy atom. The zero-order valence-electron chi connectivity index (χ0n) is 24.1. The van der Waals surface area contributed by atoms with Crippen LogP contribution in [0.25, 0.3) is 11.0 Å². The van der Waals surface area contributed by atoms with Crippen molar-refractivity contribution in [3.8, 4) is 11.6 Å². The van der Waals surface area contributed by atoms with Crippen molar-refractivity contribution in [1.82, 2.24) is 24.8 Å². The third kappa shape index (κ3) is 7.30. The molecule has 5 N–H and O–H groups in total. The van der Waals surface area contributed by atoms with Crippen molar-refractivity contribution < 1.29 is 14.6 Å². The van der Waals surface area contributed by atoms with Gasteiger partial charge in [-0.2, -0.15) is 4.98 Å². The topological polar surface area (TPSA) is 138 Å². The fourth-order valence-electron chi connectivity index (χ4n) is 5.43. The van der Waals surface area contributed by atoms with Gasteiger partial charge >= 0.3 is 5.69 Å². The highest BCUT2D eigenvalue weighted by Crippen LogP contribution is 2.24. The number of unbranched alkanes of at least 4 members (excludes halogenated alkanes) is 1. The predicted octanol–water partition coefficient (Wildman–Crippen LogP) is 4.27. The molecule has 3 heterocycles. The summed E-state index contributed by atoms with van der Waals surface area (Å²) in [5, 5.41) is 12.4. The average molecular weight is 573 g/mol. The number of fused-ring (bicyclic) bond motifs is 1. The molecule has 1 amide bonds. The molecule has 0 saturated carbocycles. The number of imidazole rings is 1. The molecule has 4 aromatic rings. The Morgan fingerprint density at radius 2 is 1.79 bits per heavy atom. The second kappa shape index (κ2) is 13.6. The van der Waals surface area contributed by atoms with Crippen LogP contribution in [0, 0.1) is 5.92 Å². The summed E-state index contributed by atoms with van der Waals surface area (Å²) < 4.78 is 7.42. The van der Waals surface area contributed by atoms with E-state index in [1.54, 1.807) is 22.8 Å². The van der Waals surface area contributed by atoms with E-state index >= 15 is 0 Å². The smallest absolute Gasteiger partial charge is 0.326 e. The average Bonchev–Trinajstić information content (AvgIpc) is 3.30. The number of nitrogens with two attached hydrogens (primary N) is 1. The molecule has 10 heteroatoms. The Hall–Kier alpha value is -4.31. The van der Waals surface area contributed by atoms with Crippen molar-refractivity contribution in [1.29, 1.82) is 0 Å². The number of nitrogen functional groups attached to an aromatic ring is 1. The number of anilines is 1. The second-order valence-electron chi connectivity index (χ2n) is 11.1. The van der Waals surface area contributed by atoms with Gasteiger partial charge in [-0.15, -0.1) is 0 Å². The van der Waals surface area contributed by atoms with Crippen LogP contribution in [0.3, 0.4) is 0 Å². The van der Waals surface area contributed by atoms with Crippen molar-refractivity contribution in [2.24, 2.45) is 5.92 Å². The van der Waals surface area contributed by atoms with Crippen LogP contribution >= 0.6 is 0 Å². The van der Waals surface area contributed by atoms with E-state index in [0.717, 1.165) is 57.3 Å². The number of nitrogens with one attached hydrogen (secondary N) is 2. The van der Waals surface area contributed by atoms with E-state index in [0.29, 0.717) is 48.1 Å². The first kappa shape index (κ1) is 29.2. The summed E-state index contributed by atoms with van der Waals surface area (Å²) >= 11 is 0. The van der Waals surface area contributed by atoms with Crippen molar-refractivity contribution in [3.63, 3.8) is 0 Å². The lowest BCUT2D eigenvalue weighted by Gasteiger charge is -2.32. The van der Waals surface area contributed by atoms with Gasteiger partial charge in [0.2, 0.25) is 5.88 Å². The summed E-state index contributed by atoms with van der Waals surface area (Å²) in [6.45, 7) is 6.68. The van der Waals surface area contributed by atoms with Crippen molar-refractivity contribution in [3.05, 3.63) is 81.8 Å². The molecular weight excluding hydrogens is 532 g/mol. The van der Waals surface area contributed by atoms with Gasteiger partial charge in [0.15, 0.2) is 5.82 Å². The number of carbonyl (C=O) groups excluding carboxylic acids is 1. The van der Waals surface area contributed by atoms with Crippen molar-refractivity contribution >= 4 is 22.8 Å². The normalized spacial score (nSPS) is 14.3. The molecule has 1 fully saturated rings. The van der Waals surface area contributed by atoms with Gasteiger partial charge in [-0.25, -0.2) is 4.79 Å². The number of hydrogen-bond donors (Lipinski definition) is 4. The molecule has 1 aliphatic heterocycles. The molecule has 0 radical (unpaired) electrons. The maximum absolute atomic E-state index is 12.7. The zero-order chi connectivity index (χ0) is 29.5. The standard InChI is InChI=1S/C32H40N6O4/c1-2-3-18-42-28-19-27-29(30(33)35-28)36-32(41)38(27)21-24-6-4-23(5-7-24)20-37-16-13-22(14-17-37)12-15-34-31(40)25-8-10-26(39)11-9-25/h4-11,19,22,39H,2-3,12-18,20-21H2,1H3,(H2,33,35)(H,34,40)(H,36,41). The Bertz CT molecular complexity index is 1540. The van der Waals surface area contributed by atoms with Crippen LogP contribution in [0.2, 0.25) is 0 Å². The number of carbonyl (C=O) groups is 1. The van der Waals surface area contributed by atoms with Crippen LogP contribution in [0.4, 0.5) is 5.82 Å². The van der Waals surface area contributed by atoms with Gasteiger partial charge in [0.05, 0.1) is 18.7 Å². The molecule has 0 atom stereocenters. The Labute approximate surface area is 245 Å². The van der Waals surface area contributed by atoms with Gasteiger partial charge in [0, 0.05) is 24.7 Å². The van der Waals surface area contributed by atoms with Gasteiger partial charge in [-0.1, -0.05) is 37.6 Å². The molecule has 0 spiro atoms. The summed E-state index contributed by atoms with van der Waals surface area (Å²) in [6.07, 6.45) is 5.13. The second-order valence-corrected chi connectivity index (χ2v) is 11.1. The van der Waals surface area contributed by atoms with Crippen LogP contribution < -0.4 is 21.5 Å². The Morgan fingerprint density at radius 3 is 2.48 bits per heavy atom. The predicted molar refractivity (Wildman–Crippen MR) is 164 cm³/mol. The molecule has 1 aliphatic rings.